The molecule has 0 N–H and O–H groups in total. The van der Waals surface area contributed by atoms with Crippen LogP contribution >= 0.6 is 12.6 Å². The summed E-state index contributed by atoms with van der Waals surface area (Å²) in [5.41, 5.74) is 7.54. The monoisotopic (exact) mass is 222 g/mol. The van der Waals surface area contributed by atoms with Crippen LogP contribution in [0, 0.1) is 34.6 Å². The minimum atomic E-state index is -0.0659. The molecule has 0 bridgehead atoms. The van der Waals surface area contributed by atoms with Gasteiger partial charge in [0.15, 0.2) is 5.12 Å². The van der Waals surface area contributed by atoms with Crippen molar-refractivity contribution >= 4 is 17.7 Å². The van der Waals surface area contributed by atoms with Crippen molar-refractivity contribution in [1.82, 2.24) is 0 Å². The van der Waals surface area contributed by atoms with Gasteiger partial charge in [-0.05, 0) is 68.0 Å². The Balaban J connectivity index is 3.45. The van der Waals surface area contributed by atoms with Crippen molar-refractivity contribution in [2.45, 2.75) is 41.0 Å². The highest BCUT2D eigenvalue weighted by molar-refractivity contribution is 7.96. The van der Waals surface area contributed by atoms with Crippen LogP contribution in [-0.4, -0.2) is 5.12 Å². The zero-order valence-electron chi connectivity index (χ0n) is 10.1. The quantitative estimate of drug-likeness (QED) is 0.760. The molecule has 2 heteroatoms. The summed E-state index contributed by atoms with van der Waals surface area (Å²) in [4.78, 5) is 11.1. The van der Waals surface area contributed by atoms with E-state index in [0.717, 1.165) is 5.56 Å². The van der Waals surface area contributed by atoms with Crippen LogP contribution in [0.15, 0.2) is 0 Å². The minimum absolute atomic E-state index is 0.0659. The molecule has 1 aromatic carbocycles. The van der Waals surface area contributed by atoms with Gasteiger partial charge in [-0.25, -0.2) is 0 Å². The molecule has 0 atom stereocenters. The molecule has 15 heavy (non-hydrogen) atoms. The van der Waals surface area contributed by atoms with Gasteiger partial charge in [-0.15, -0.1) is 12.6 Å². The molecule has 0 aliphatic rings. The first-order valence-corrected chi connectivity index (χ1v) is 5.58. The molecule has 0 fully saturated rings. The summed E-state index contributed by atoms with van der Waals surface area (Å²) in [6.07, 6.45) is 0.433. The maximum Gasteiger partial charge on any atom is 0.190 e. The van der Waals surface area contributed by atoms with Gasteiger partial charge < -0.3 is 0 Å². The number of hydrogen-bond donors (Lipinski definition) is 1. The van der Waals surface area contributed by atoms with Crippen molar-refractivity contribution in [3.05, 3.63) is 33.4 Å². The van der Waals surface area contributed by atoms with Crippen LogP contribution in [0.5, 0.6) is 0 Å². The van der Waals surface area contributed by atoms with Gasteiger partial charge in [0, 0.05) is 6.42 Å². The molecular weight excluding hydrogens is 204 g/mol. The fraction of sp³-hybridized carbons (Fsp3) is 0.462. The first-order chi connectivity index (χ1) is 6.86. The third-order valence-electron chi connectivity index (χ3n) is 3.48. The van der Waals surface area contributed by atoms with Crippen LogP contribution in [0.25, 0.3) is 0 Å². The average molecular weight is 222 g/mol. The Morgan fingerprint density at radius 2 is 1.20 bits per heavy atom. The second-order valence-electron chi connectivity index (χ2n) is 4.17. The summed E-state index contributed by atoms with van der Waals surface area (Å²) in [6.45, 7) is 10.5. The van der Waals surface area contributed by atoms with E-state index < -0.39 is 0 Å². The van der Waals surface area contributed by atoms with Gasteiger partial charge in [0.2, 0.25) is 0 Å². The van der Waals surface area contributed by atoms with Crippen LogP contribution in [0.3, 0.4) is 0 Å². The van der Waals surface area contributed by atoms with E-state index in [1.54, 1.807) is 0 Å². The number of carbonyl (C=O) groups is 1. The van der Waals surface area contributed by atoms with Crippen LogP contribution in [0.2, 0.25) is 0 Å². The third kappa shape index (κ3) is 2.25. The number of thiol groups is 1. The number of benzene rings is 1. The Bertz CT molecular complexity index is 390. The zero-order chi connectivity index (χ0) is 11.7. The summed E-state index contributed by atoms with van der Waals surface area (Å²) in [5.74, 6) is 0. The van der Waals surface area contributed by atoms with Crippen molar-refractivity contribution in [3.8, 4) is 0 Å². The summed E-state index contributed by atoms with van der Waals surface area (Å²) in [5, 5.41) is -0.0659. The molecule has 0 aliphatic carbocycles. The van der Waals surface area contributed by atoms with Gasteiger partial charge in [-0.3, -0.25) is 4.79 Å². The molecule has 0 aliphatic heterocycles. The van der Waals surface area contributed by atoms with E-state index in [4.69, 9.17) is 0 Å². The van der Waals surface area contributed by atoms with Gasteiger partial charge in [0.25, 0.3) is 0 Å². The summed E-state index contributed by atoms with van der Waals surface area (Å²) in [7, 11) is 0. The Kier molecular flexibility index (Phi) is 3.61. The molecule has 0 saturated heterocycles. The SMILES string of the molecule is Cc1c(C)c(C)c(CC(=O)S)c(C)c1C. The van der Waals surface area contributed by atoms with E-state index in [1.165, 1.54) is 27.8 Å². The standard InChI is InChI=1S/C13H18OS/c1-7-8(2)10(4)12(6-13(14)15)11(5)9(7)3/h6H2,1-5H3,(H,14,15). The van der Waals surface area contributed by atoms with E-state index in [2.05, 4.69) is 47.2 Å². The first kappa shape index (κ1) is 12.3. The van der Waals surface area contributed by atoms with Crippen LogP contribution in [0.4, 0.5) is 0 Å². The highest BCUT2D eigenvalue weighted by Crippen LogP contribution is 2.26. The molecule has 0 unspecified atom stereocenters. The normalized spacial score (nSPS) is 10.5. The van der Waals surface area contributed by atoms with Crippen LogP contribution in [0.1, 0.15) is 33.4 Å². The fourth-order valence-corrected chi connectivity index (χ4v) is 2.15. The Labute approximate surface area is 97.3 Å². The molecule has 1 aromatic rings. The number of rotatable bonds is 2. The Morgan fingerprint density at radius 3 is 1.53 bits per heavy atom. The molecule has 1 rings (SSSR count). The summed E-state index contributed by atoms with van der Waals surface area (Å²) >= 11 is 3.86. The van der Waals surface area contributed by atoms with Gasteiger partial charge in [0.1, 0.15) is 0 Å². The zero-order valence-corrected chi connectivity index (χ0v) is 11.0. The maximum absolute atomic E-state index is 11.1. The second-order valence-corrected chi connectivity index (χ2v) is 4.67. The first-order valence-electron chi connectivity index (χ1n) is 5.13. The summed E-state index contributed by atoms with van der Waals surface area (Å²) in [6, 6.07) is 0. The Morgan fingerprint density at radius 1 is 0.867 bits per heavy atom. The number of carbonyl (C=O) groups excluding carboxylic acids is 1. The van der Waals surface area contributed by atoms with Gasteiger partial charge in [-0.2, -0.15) is 0 Å². The van der Waals surface area contributed by atoms with Gasteiger partial charge in [-0.1, -0.05) is 0 Å². The topological polar surface area (TPSA) is 17.1 Å². The lowest BCUT2D eigenvalue weighted by molar-refractivity contribution is -0.110. The molecule has 1 nitrogen and oxygen atoms in total. The number of hydrogen-bond acceptors (Lipinski definition) is 1. The van der Waals surface area contributed by atoms with E-state index >= 15 is 0 Å². The molecule has 0 aromatic heterocycles. The highest BCUT2D eigenvalue weighted by Gasteiger charge is 2.13. The molecule has 0 spiro atoms. The van der Waals surface area contributed by atoms with Crippen molar-refractivity contribution in [1.29, 1.82) is 0 Å². The fourth-order valence-electron chi connectivity index (χ4n) is 1.99. The van der Waals surface area contributed by atoms with Gasteiger partial charge >= 0.3 is 0 Å². The maximum atomic E-state index is 11.1. The van der Waals surface area contributed by atoms with Crippen molar-refractivity contribution < 1.29 is 4.79 Å². The average Bonchev–Trinajstić information content (AvgIpc) is 2.18. The van der Waals surface area contributed by atoms with E-state index in [1.807, 2.05) is 0 Å². The molecule has 0 amide bonds. The van der Waals surface area contributed by atoms with E-state index in [-0.39, 0.29) is 5.12 Å². The molecular formula is C13H18OS. The minimum Gasteiger partial charge on any atom is -0.287 e. The lowest BCUT2D eigenvalue weighted by Gasteiger charge is -2.17. The largest absolute Gasteiger partial charge is 0.287 e. The van der Waals surface area contributed by atoms with Crippen LogP contribution in [-0.2, 0) is 11.2 Å². The molecule has 0 saturated carbocycles. The van der Waals surface area contributed by atoms with Crippen molar-refractivity contribution in [3.63, 3.8) is 0 Å². The van der Waals surface area contributed by atoms with Crippen molar-refractivity contribution in [2.24, 2.45) is 0 Å². The second kappa shape index (κ2) is 4.40. The molecule has 82 valence electrons. The predicted molar refractivity (Wildman–Crippen MR) is 67.8 cm³/mol. The van der Waals surface area contributed by atoms with E-state index in [0.29, 0.717) is 6.42 Å². The third-order valence-corrected chi connectivity index (χ3v) is 3.64. The predicted octanol–water partition coefficient (Wildman–Crippen LogP) is 3.23. The van der Waals surface area contributed by atoms with Gasteiger partial charge in [0.05, 0.1) is 0 Å². The summed E-state index contributed by atoms with van der Waals surface area (Å²) < 4.78 is 0. The highest BCUT2D eigenvalue weighted by atomic mass is 32.1. The van der Waals surface area contributed by atoms with Crippen LogP contribution < -0.4 is 0 Å². The smallest absolute Gasteiger partial charge is 0.190 e. The molecule has 0 radical (unpaired) electrons. The van der Waals surface area contributed by atoms with E-state index in [9.17, 15) is 4.79 Å². The molecule has 0 heterocycles. The Hall–Kier alpha value is -0.760. The lowest BCUT2D eigenvalue weighted by atomic mass is 9.88. The lowest BCUT2D eigenvalue weighted by Crippen LogP contribution is -2.05. The van der Waals surface area contributed by atoms with Crippen molar-refractivity contribution in [2.75, 3.05) is 0 Å².